The summed E-state index contributed by atoms with van der Waals surface area (Å²) in [4.78, 5) is 24.4. The third-order valence-corrected chi connectivity index (χ3v) is 3.66. The molecule has 6 heteroatoms. The van der Waals surface area contributed by atoms with Crippen LogP contribution in [0.5, 0.6) is 0 Å². The second-order valence-corrected chi connectivity index (χ2v) is 5.66. The van der Waals surface area contributed by atoms with Gasteiger partial charge in [-0.15, -0.1) is 0 Å². The quantitative estimate of drug-likeness (QED) is 0.366. The minimum atomic E-state index is -0.809. The molecule has 0 spiro atoms. The van der Waals surface area contributed by atoms with Crippen LogP contribution in [0.15, 0.2) is 42.1 Å². The summed E-state index contributed by atoms with van der Waals surface area (Å²) in [6.45, 7) is 3.71. The van der Waals surface area contributed by atoms with Crippen LogP contribution >= 0.6 is 0 Å². The summed E-state index contributed by atoms with van der Waals surface area (Å²) in [5.74, 6) is -1.20. The lowest BCUT2D eigenvalue weighted by Crippen LogP contribution is -2.27. The summed E-state index contributed by atoms with van der Waals surface area (Å²) in [5.41, 5.74) is 1.18. The zero-order valence-electron chi connectivity index (χ0n) is 14.6. The van der Waals surface area contributed by atoms with Crippen molar-refractivity contribution in [3.8, 4) is 6.07 Å². The molecule has 0 fully saturated rings. The molecule has 1 amide bonds. The van der Waals surface area contributed by atoms with E-state index in [2.05, 4.69) is 5.32 Å². The van der Waals surface area contributed by atoms with Gasteiger partial charge in [0, 0.05) is 32.3 Å². The first kappa shape index (κ1) is 20.2. The Kier molecular flexibility index (Phi) is 9.46. The van der Waals surface area contributed by atoms with Gasteiger partial charge in [-0.2, -0.15) is 5.26 Å². The molecule has 0 aliphatic heterocycles. The molecule has 0 saturated carbocycles. The van der Waals surface area contributed by atoms with E-state index in [1.807, 2.05) is 48.2 Å². The normalized spacial score (nSPS) is 10.8. The van der Waals surface area contributed by atoms with Crippen molar-refractivity contribution in [1.29, 1.82) is 5.26 Å². The summed E-state index contributed by atoms with van der Waals surface area (Å²) < 4.78 is 0. The van der Waals surface area contributed by atoms with E-state index in [1.165, 1.54) is 0 Å². The Bertz CT molecular complexity index is 621. The first-order valence-corrected chi connectivity index (χ1v) is 8.46. The fraction of sp³-hybridized carbons (Fsp3) is 0.421. The first-order valence-electron chi connectivity index (χ1n) is 8.46. The average Bonchev–Trinajstić information content (AvgIpc) is 2.61. The van der Waals surface area contributed by atoms with Gasteiger partial charge in [-0.1, -0.05) is 36.8 Å². The zero-order chi connectivity index (χ0) is 18.5. The molecule has 0 aliphatic carbocycles. The number of hydrogen-bond donors (Lipinski definition) is 2. The summed E-state index contributed by atoms with van der Waals surface area (Å²) in [6.07, 6.45) is 3.74. The molecule has 1 aromatic carbocycles. The molecule has 134 valence electrons. The monoisotopic (exact) mass is 343 g/mol. The van der Waals surface area contributed by atoms with Gasteiger partial charge < -0.3 is 15.3 Å². The largest absolute Gasteiger partial charge is 0.481 e. The predicted molar refractivity (Wildman–Crippen MR) is 95.3 cm³/mol. The lowest BCUT2D eigenvalue weighted by atomic mass is 10.2. The molecule has 0 radical (unpaired) electrons. The number of carbonyl (C=O) groups excluding carboxylic acids is 1. The highest BCUT2D eigenvalue weighted by atomic mass is 16.4. The Labute approximate surface area is 148 Å². The van der Waals surface area contributed by atoms with E-state index >= 15 is 0 Å². The number of nitrogens with zero attached hydrogens (tertiary/aromatic N) is 2. The van der Waals surface area contributed by atoms with E-state index in [9.17, 15) is 14.9 Å². The van der Waals surface area contributed by atoms with Crippen molar-refractivity contribution < 1.29 is 14.7 Å². The van der Waals surface area contributed by atoms with Gasteiger partial charge in [0.05, 0.1) is 0 Å². The molecule has 1 aromatic rings. The maximum atomic E-state index is 12.1. The Morgan fingerprint density at radius 2 is 1.96 bits per heavy atom. The van der Waals surface area contributed by atoms with Crippen molar-refractivity contribution in [3.63, 3.8) is 0 Å². The van der Waals surface area contributed by atoms with E-state index in [0.29, 0.717) is 32.5 Å². The number of benzene rings is 1. The lowest BCUT2D eigenvalue weighted by molar-refractivity contribution is -0.137. The van der Waals surface area contributed by atoms with Gasteiger partial charge in [-0.25, -0.2) is 0 Å². The molecular weight excluding hydrogens is 318 g/mol. The SMILES string of the molecule is CCN(/C=C(/C#N)C(=O)NCCCCCC(=O)O)Cc1ccccc1. The van der Waals surface area contributed by atoms with Crippen molar-refractivity contribution in [2.45, 2.75) is 39.2 Å². The van der Waals surface area contributed by atoms with Crippen molar-refractivity contribution >= 4 is 11.9 Å². The van der Waals surface area contributed by atoms with Crippen molar-refractivity contribution in [2.24, 2.45) is 0 Å². The van der Waals surface area contributed by atoms with Crippen LogP contribution in [0.2, 0.25) is 0 Å². The number of amides is 1. The van der Waals surface area contributed by atoms with E-state index in [-0.39, 0.29) is 12.0 Å². The molecule has 0 bridgehead atoms. The van der Waals surface area contributed by atoms with Gasteiger partial charge in [0.1, 0.15) is 11.6 Å². The zero-order valence-corrected chi connectivity index (χ0v) is 14.6. The molecule has 1 rings (SSSR count). The van der Waals surface area contributed by atoms with Gasteiger partial charge in [-0.05, 0) is 25.3 Å². The molecular formula is C19H25N3O3. The maximum absolute atomic E-state index is 12.1. The Morgan fingerprint density at radius 3 is 2.56 bits per heavy atom. The van der Waals surface area contributed by atoms with Crippen LogP contribution in [0, 0.1) is 11.3 Å². The average molecular weight is 343 g/mol. The number of carboxylic acids is 1. The van der Waals surface area contributed by atoms with Crippen LogP contribution in [-0.2, 0) is 16.1 Å². The van der Waals surface area contributed by atoms with Crippen LogP contribution in [0.3, 0.4) is 0 Å². The number of carbonyl (C=O) groups is 2. The van der Waals surface area contributed by atoms with Gasteiger partial charge in [-0.3, -0.25) is 9.59 Å². The maximum Gasteiger partial charge on any atom is 0.303 e. The van der Waals surface area contributed by atoms with Gasteiger partial charge in [0.15, 0.2) is 0 Å². The topological polar surface area (TPSA) is 93.4 Å². The third kappa shape index (κ3) is 8.56. The molecule has 0 heterocycles. The predicted octanol–water partition coefficient (Wildman–Crippen LogP) is 2.68. The molecule has 0 atom stereocenters. The van der Waals surface area contributed by atoms with Gasteiger partial charge in [0.2, 0.25) is 0 Å². The third-order valence-electron chi connectivity index (χ3n) is 3.66. The molecule has 2 N–H and O–H groups in total. The van der Waals surface area contributed by atoms with Crippen LogP contribution < -0.4 is 5.32 Å². The fourth-order valence-electron chi connectivity index (χ4n) is 2.26. The van der Waals surface area contributed by atoms with Crippen molar-refractivity contribution in [2.75, 3.05) is 13.1 Å². The first-order chi connectivity index (χ1) is 12.1. The molecule has 0 unspecified atom stereocenters. The number of carboxylic acid groups (broad SMARTS) is 1. The highest BCUT2D eigenvalue weighted by Gasteiger charge is 2.10. The molecule has 25 heavy (non-hydrogen) atoms. The van der Waals surface area contributed by atoms with Crippen LogP contribution in [0.1, 0.15) is 38.2 Å². The minimum Gasteiger partial charge on any atom is -0.481 e. The number of rotatable bonds is 11. The highest BCUT2D eigenvalue weighted by molar-refractivity contribution is 5.97. The van der Waals surface area contributed by atoms with E-state index < -0.39 is 11.9 Å². The van der Waals surface area contributed by atoms with E-state index in [4.69, 9.17) is 5.11 Å². The standard InChI is InChI=1S/C19H25N3O3/c1-2-22(14-16-9-5-3-6-10-16)15-17(13-20)19(25)21-12-8-4-7-11-18(23)24/h3,5-6,9-10,15H,2,4,7-8,11-12,14H2,1H3,(H,21,25)(H,23,24)/b17-15-. The van der Waals surface area contributed by atoms with Crippen LogP contribution in [-0.4, -0.2) is 35.0 Å². The van der Waals surface area contributed by atoms with Crippen molar-refractivity contribution in [3.05, 3.63) is 47.7 Å². The number of nitrogens with one attached hydrogen (secondary N) is 1. The number of hydrogen-bond acceptors (Lipinski definition) is 4. The van der Waals surface area contributed by atoms with E-state index in [1.54, 1.807) is 6.20 Å². The number of unbranched alkanes of at least 4 members (excludes halogenated alkanes) is 2. The molecule has 0 aliphatic rings. The summed E-state index contributed by atoms with van der Waals surface area (Å²) in [6, 6.07) is 11.8. The number of aliphatic carboxylic acids is 1. The molecule has 6 nitrogen and oxygen atoms in total. The molecule has 0 saturated heterocycles. The Balaban J connectivity index is 2.48. The Morgan fingerprint density at radius 1 is 1.24 bits per heavy atom. The summed E-state index contributed by atoms with van der Waals surface area (Å²) in [7, 11) is 0. The summed E-state index contributed by atoms with van der Waals surface area (Å²) in [5, 5.41) is 20.5. The van der Waals surface area contributed by atoms with Crippen molar-refractivity contribution in [1.82, 2.24) is 10.2 Å². The fourth-order valence-corrected chi connectivity index (χ4v) is 2.26. The van der Waals surface area contributed by atoms with Gasteiger partial charge in [0.25, 0.3) is 5.91 Å². The Hall–Kier alpha value is -2.81. The summed E-state index contributed by atoms with van der Waals surface area (Å²) >= 11 is 0. The second-order valence-electron chi connectivity index (χ2n) is 5.66. The second kappa shape index (κ2) is 11.7. The van der Waals surface area contributed by atoms with Crippen LogP contribution in [0.25, 0.3) is 0 Å². The lowest BCUT2D eigenvalue weighted by Gasteiger charge is -2.19. The minimum absolute atomic E-state index is 0.0725. The number of nitriles is 1. The van der Waals surface area contributed by atoms with E-state index in [0.717, 1.165) is 12.0 Å². The highest BCUT2D eigenvalue weighted by Crippen LogP contribution is 2.07. The van der Waals surface area contributed by atoms with Gasteiger partial charge >= 0.3 is 5.97 Å². The smallest absolute Gasteiger partial charge is 0.303 e. The molecule has 0 aromatic heterocycles. The van der Waals surface area contributed by atoms with Crippen LogP contribution in [0.4, 0.5) is 0 Å².